The first-order valence-corrected chi connectivity index (χ1v) is 7.08. The highest BCUT2D eigenvalue weighted by Gasteiger charge is 2.04. The van der Waals surface area contributed by atoms with Crippen LogP contribution in [-0.2, 0) is 19.5 Å². The topological polar surface area (TPSA) is 33.1 Å². The van der Waals surface area contributed by atoms with E-state index in [-0.39, 0.29) is 0 Å². The molecule has 0 amide bonds. The van der Waals surface area contributed by atoms with Gasteiger partial charge in [-0.15, -0.1) is 0 Å². The van der Waals surface area contributed by atoms with Crippen molar-refractivity contribution < 1.29 is 0 Å². The molecule has 1 heterocycles. The maximum Gasteiger partial charge on any atom is 0.0625 e. The first-order chi connectivity index (χ1) is 8.67. The predicted molar refractivity (Wildman–Crippen MR) is 76.8 cm³/mol. The summed E-state index contributed by atoms with van der Waals surface area (Å²) in [4.78, 5) is 2.24. The number of nitrogens with zero attached hydrogens (tertiary/aromatic N) is 3. The first-order valence-electron chi connectivity index (χ1n) is 7.08. The van der Waals surface area contributed by atoms with Gasteiger partial charge in [-0.2, -0.15) is 5.10 Å². The molecule has 4 nitrogen and oxygen atoms in total. The normalized spacial score (nSPS) is 11.4. The third-order valence-electron chi connectivity index (χ3n) is 3.09. The molecule has 104 valence electrons. The van der Waals surface area contributed by atoms with Gasteiger partial charge in [0, 0.05) is 13.1 Å². The van der Waals surface area contributed by atoms with Gasteiger partial charge in [0.05, 0.1) is 11.4 Å². The monoisotopic (exact) mass is 252 g/mol. The summed E-state index contributed by atoms with van der Waals surface area (Å²) in [5, 5.41) is 8.06. The summed E-state index contributed by atoms with van der Waals surface area (Å²) >= 11 is 0. The van der Waals surface area contributed by atoms with Crippen molar-refractivity contribution >= 4 is 0 Å². The Morgan fingerprint density at radius 3 is 2.67 bits per heavy atom. The van der Waals surface area contributed by atoms with Gasteiger partial charge in [-0.25, -0.2) is 0 Å². The smallest absolute Gasteiger partial charge is 0.0625 e. The number of nitrogens with one attached hydrogen (secondary N) is 1. The zero-order chi connectivity index (χ0) is 13.4. The molecule has 1 aromatic rings. The number of hydrogen-bond donors (Lipinski definition) is 1. The standard InChI is InChI=1S/C14H28N4/c1-5-13-11-14(18(6-2)16-13)12-15-9-7-8-10-17(3)4/h11,15H,5-10,12H2,1-4H3. The van der Waals surface area contributed by atoms with E-state index in [0.717, 1.165) is 26.1 Å². The second kappa shape index (κ2) is 8.27. The molecule has 0 aromatic carbocycles. The molecule has 0 aliphatic rings. The molecule has 0 saturated carbocycles. The Morgan fingerprint density at radius 2 is 2.06 bits per heavy atom. The van der Waals surface area contributed by atoms with E-state index in [4.69, 9.17) is 0 Å². The fourth-order valence-corrected chi connectivity index (χ4v) is 2.00. The van der Waals surface area contributed by atoms with Gasteiger partial charge in [0.15, 0.2) is 0 Å². The van der Waals surface area contributed by atoms with Crippen molar-refractivity contribution in [2.75, 3.05) is 27.2 Å². The van der Waals surface area contributed by atoms with Crippen LogP contribution in [0.3, 0.4) is 0 Å². The number of unbranched alkanes of at least 4 members (excludes halogenated alkanes) is 1. The molecule has 1 N–H and O–H groups in total. The molecule has 0 fully saturated rings. The second-order valence-electron chi connectivity index (χ2n) is 4.98. The molecule has 0 aliphatic heterocycles. The van der Waals surface area contributed by atoms with Gasteiger partial charge in [-0.3, -0.25) is 4.68 Å². The third-order valence-corrected chi connectivity index (χ3v) is 3.09. The molecule has 0 aliphatic carbocycles. The lowest BCUT2D eigenvalue weighted by atomic mass is 10.3. The van der Waals surface area contributed by atoms with Gasteiger partial charge in [0.2, 0.25) is 0 Å². The Bertz CT molecular complexity index is 331. The maximum atomic E-state index is 4.56. The molecule has 1 rings (SSSR count). The summed E-state index contributed by atoms with van der Waals surface area (Å²) in [6.45, 7) is 8.45. The van der Waals surface area contributed by atoms with Crippen molar-refractivity contribution in [2.24, 2.45) is 0 Å². The number of hydrogen-bond acceptors (Lipinski definition) is 3. The van der Waals surface area contributed by atoms with Crippen LogP contribution in [0.15, 0.2) is 6.07 Å². The van der Waals surface area contributed by atoms with Crippen molar-refractivity contribution in [3.05, 3.63) is 17.5 Å². The van der Waals surface area contributed by atoms with Gasteiger partial charge in [0.1, 0.15) is 0 Å². The van der Waals surface area contributed by atoms with Crippen molar-refractivity contribution in [1.82, 2.24) is 20.0 Å². The van der Waals surface area contributed by atoms with E-state index in [0.29, 0.717) is 0 Å². The molecule has 0 bridgehead atoms. The van der Waals surface area contributed by atoms with Crippen LogP contribution in [0, 0.1) is 0 Å². The molecule has 0 atom stereocenters. The highest BCUT2D eigenvalue weighted by atomic mass is 15.3. The second-order valence-corrected chi connectivity index (χ2v) is 4.98. The van der Waals surface area contributed by atoms with Crippen LogP contribution in [0.2, 0.25) is 0 Å². The molecule has 0 saturated heterocycles. The predicted octanol–water partition coefficient (Wildman–Crippen LogP) is 1.90. The summed E-state index contributed by atoms with van der Waals surface area (Å²) in [5.74, 6) is 0. The highest BCUT2D eigenvalue weighted by molar-refractivity contribution is 5.10. The highest BCUT2D eigenvalue weighted by Crippen LogP contribution is 2.05. The van der Waals surface area contributed by atoms with E-state index in [9.17, 15) is 0 Å². The average molecular weight is 252 g/mol. The summed E-state index contributed by atoms with van der Waals surface area (Å²) in [5.41, 5.74) is 2.50. The van der Waals surface area contributed by atoms with Crippen LogP contribution in [0.1, 0.15) is 38.1 Å². The van der Waals surface area contributed by atoms with E-state index in [2.05, 4.69) is 54.0 Å². The molecular formula is C14H28N4. The Balaban J connectivity index is 2.24. The minimum absolute atomic E-state index is 0.933. The third kappa shape index (κ3) is 5.19. The van der Waals surface area contributed by atoms with Crippen molar-refractivity contribution in [1.29, 1.82) is 0 Å². The Morgan fingerprint density at radius 1 is 1.28 bits per heavy atom. The van der Waals surface area contributed by atoms with Gasteiger partial charge in [0.25, 0.3) is 0 Å². The van der Waals surface area contributed by atoms with Crippen molar-refractivity contribution in [3.63, 3.8) is 0 Å². The summed E-state index contributed by atoms with van der Waals surface area (Å²) in [6.07, 6.45) is 3.51. The van der Waals surface area contributed by atoms with Gasteiger partial charge in [-0.1, -0.05) is 6.92 Å². The van der Waals surface area contributed by atoms with E-state index in [1.165, 1.54) is 30.8 Å². The molecule has 0 unspecified atom stereocenters. The number of aryl methyl sites for hydroxylation is 2. The summed E-state index contributed by atoms with van der Waals surface area (Å²) < 4.78 is 2.10. The van der Waals surface area contributed by atoms with E-state index < -0.39 is 0 Å². The van der Waals surface area contributed by atoms with Crippen LogP contribution < -0.4 is 5.32 Å². The van der Waals surface area contributed by atoms with Crippen LogP contribution >= 0.6 is 0 Å². The first kappa shape index (κ1) is 15.2. The van der Waals surface area contributed by atoms with E-state index in [1.807, 2.05) is 0 Å². The lowest BCUT2D eigenvalue weighted by Gasteiger charge is -2.09. The quantitative estimate of drug-likeness (QED) is 0.681. The lowest BCUT2D eigenvalue weighted by molar-refractivity contribution is 0.391. The largest absolute Gasteiger partial charge is 0.311 e. The average Bonchev–Trinajstić information content (AvgIpc) is 2.75. The van der Waals surface area contributed by atoms with Gasteiger partial charge < -0.3 is 10.2 Å². The van der Waals surface area contributed by atoms with Gasteiger partial charge >= 0.3 is 0 Å². The number of rotatable bonds is 9. The molecule has 0 spiro atoms. The SMILES string of the molecule is CCc1cc(CNCCCCN(C)C)n(CC)n1. The van der Waals surface area contributed by atoms with Crippen molar-refractivity contribution in [3.8, 4) is 0 Å². The fraction of sp³-hybridized carbons (Fsp3) is 0.786. The molecule has 18 heavy (non-hydrogen) atoms. The Hall–Kier alpha value is -0.870. The minimum Gasteiger partial charge on any atom is -0.311 e. The van der Waals surface area contributed by atoms with Crippen LogP contribution in [0.5, 0.6) is 0 Å². The molecule has 1 aromatic heterocycles. The zero-order valence-electron chi connectivity index (χ0n) is 12.4. The maximum absolute atomic E-state index is 4.56. The Kier molecular flexibility index (Phi) is 6.98. The summed E-state index contributed by atoms with van der Waals surface area (Å²) in [7, 11) is 4.25. The van der Waals surface area contributed by atoms with E-state index in [1.54, 1.807) is 0 Å². The molecular weight excluding hydrogens is 224 g/mol. The van der Waals surface area contributed by atoms with Gasteiger partial charge in [-0.05, 0) is 59.4 Å². The van der Waals surface area contributed by atoms with Crippen LogP contribution in [0.4, 0.5) is 0 Å². The zero-order valence-corrected chi connectivity index (χ0v) is 12.4. The van der Waals surface area contributed by atoms with Crippen LogP contribution in [0.25, 0.3) is 0 Å². The minimum atomic E-state index is 0.933. The van der Waals surface area contributed by atoms with E-state index >= 15 is 0 Å². The molecule has 0 radical (unpaired) electrons. The summed E-state index contributed by atoms with van der Waals surface area (Å²) in [6, 6.07) is 2.22. The lowest BCUT2D eigenvalue weighted by Crippen LogP contribution is -2.19. The molecule has 4 heteroatoms. The van der Waals surface area contributed by atoms with Crippen molar-refractivity contribution in [2.45, 2.75) is 46.2 Å². The number of aromatic nitrogens is 2. The van der Waals surface area contributed by atoms with Crippen LogP contribution in [-0.4, -0.2) is 41.9 Å². The fourth-order valence-electron chi connectivity index (χ4n) is 2.00. The Labute approximate surface area is 111 Å².